The second kappa shape index (κ2) is 11.9. The fourth-order valence-electron chi connectivity index (χ4n) is 4.16. The molecule has 41 heavy (non-hydrogen) atoms. The number of nitrogens with zero attached hydrogens (tertiary/aromatic N) is 1. The Hall–Kier alpha value is -4.60. The van der Waals surface area contributed by atoms with Gasteiger partial charge in [0.15, 0.2) is 0 Å². The molecule has 0 aliphatic carbocycles. The molecule has 0 bridgehead atoms. The first-order valence-corrected chi connectivity index (χ1v) is 13.6. The molecule has 0 aromatic heterocycles. The van der Waals surface area contributed by atoms with Crippen molar-refractivity contribution in [2.45, 2.75) is 11.8 Å². The van der Waals surface area contributed by atoms with Crippen LogP contribution < -0.4 is 20.3 Å². The molecule has 0 unspecified atom stereocenters. The lowest BCUT2D eigenvalue weighted by Crippen LogP contribution is -2.32. The highest BCUT2D eigenvalue weighted by molar-refractivity contribution is 8.04. The summed E-state index contributed by atoms with van der Waals surface area (Å²) in [5.74, 6) is -1.50. The van der Waals surface area contributed by atoms with Gasteiger partial charge in [-0.2, -0.15) is 0 Å². The molecule has 1 aliphatic rings. The first-order valence-electron chi connectivity index (χ1n) is 12.4. The van der Waals surface area contributed by atoms with E-state index in [2.05, 4.69) is 10.6 Å². The van der Waals surface area contributed by atoms with Crippen LogP contribution in [-0.2, 0) is 9.59 Å². The summed E-state index contributed by atoms with van der Waals surface area (Å²) in [6, 6.07) is 24.1. The molecule has 4 aromatic rings. The maximum atomic E-state index is 13.6. The quantitative estimate of drug-likeness (QED) is 0.215. The van der Waals surface area contributed by atoms with Crippen molar-refractivity contribution < 1.29 is 23.5 Å². The van der Waals surface area contributed by atoms with Crippen LogP contribution in [-0.4, -0.2) is 24.8 Å². The Bertz CT molecular complexity index is 1690. The highest BCUT2D eigenvalue weighted by atomic mass is 35.5. The van der Waals surface area contributed by atoms with Crippen molar-refractivity contribution in [1.82, 2.24) is 0 Å². The Labute approximate surface area is 245 Å². The van der Waals surface area contributed by atoms with Gasteiger partial charge in [-0.25, -0.2) is 9.29 Å². The van der Waals surface area contributed by atoms with Crippen LogP contribution in [0.2, 0.25) is 5.02 Å². The van der Waals surface area contributed by atoms with Crippen LogP contribution in [0.1, 0.15) is 15.9 Å². The largest absolute Gasteiger partial charge is 0.495 e. The zero-order chi connectivity index (χ0) is 29.1. The third kappa shape index (κ3) is 5.96. The van der Waals surface area contributed by atoms with Crippen molar-refractivity contribution in [1.29, 1.82) is 0 Å². The van der Waals surface area contributed by atoms with Crippen LogP contribution in [0.3, 0.4) is 0 Å². The Morgan fingerprint density at radius 1 is 0.927 bits per heavy atom. The van der Waals surface area contributed by atoms with Gasteiger partial charge in [0.05, 0.1) is 29.1 Å². The van der Waals surface area contributed by atoms with E-state index in [4.69, 9.17) is 16.3 Å². The molecule has 1 heterocycles. The molecule has 10 heteroatoms. The van der Waals surface area contributed by atoms with E-state index in [1.807, 2.05) is 19.1 Å². The van der Waals surface area contributed by atoms with Gasteiger partial charge in [-0.1, -0.05) is 41.6 Å². The maximum Gasteiger partial charge on any atom is 0.283 e. The molecule has 0 fully saturated rings. The summed E-state index contributed by atoms with van der Waals surface area (Å²) in [6.07, 6.45) is 0. The number of imide groups is 1. The first kappa shape index (κ1) is 27.9. The third-order valence-electron chi connectivity index (χ3n) is 6.19. The molecule has 2 N–H and O–H groups in total. The molecule has 0 spiro atoms. The smallest absolute Gasteiger partial charge is 0.283 e. The number of methoxy groups -OCH3 is 1. The second-order valence-electron chi connectivity index (χ2n) is 9.02. The fraction of sp³-hybridized carbons (Fsp3) is 0.0645. The SMILES string of the molecule is COc1ccc(C)cc1NC1=C(Sc2ccc(NC(=O)c3ccccc3Cl)cc2)C(=O)N(c2ccc(F)cc2)C1=O. The molecule has 0 radical (unpaired) electrons. The molecule has 4 aromatic carbocycles. The monoisotopic (exact) mass is 587 g/mol. The van der Waals surface area contributed by atoms with E-state index in [1.54, 1.807) is 54.6 Å². The van der Waals surface area contributed by atoms with Crippen LogP contribution >= 0.6 is 23.4 Å². The number of rotatable bonds is 8. The van der Waals surface area contributed by atoms with Crippen LogP contribution in [0.4, 0.5) is 21.5 Å². The number of hydrogen-bond acceptors (Lipinski definition) is 6. The predicted molar refractivity (Wildman–Crippen MR) is 159 cm³/mol. The summed E-state index contributed by atoms with van der Waals surface area (Å²) in [7, 11) is 1.51. The Morgan fingerprint density at radius 3 is 2.32 bits per heavy atom. The van der Waals surface area contributed by atoms with Crippen molar-refractivity contribution in [3.05, 3.63) is 124 Å². The minimum atomic E-state index is -0.587. The summed E-state index contributed by atoms with van der Waals surface area (Å²) in [6.45, 7) is 1.90. The third-order valence-corrected chi connectivity index (χ3v) is 7.61. The number of amides is 3. The normalized spacial score (nSPS) is 13.0. The lowest BCUT2D eigenvalue weighted by atomic mass is 10.2. The van der Waals surface area contributed by atoms with E-state index in [9.17, 15) is 18.8 Å². The number of ether oxygens (including phenoxy) is 1. The number of halogens is 2. The Balaban J connectivity index is 1.45. The lowest BCUT2D eigenvalue weighted by Gasteiger charge is -2.16. The summed E-state index contributed by atoms with van der Waals surface area (Å²) in [5.41, 5.74) is 2.60. The maximum absolute atomic E-state index is 13.6. The van der Waals surface area contributed by atoms with Crippen molar-refractivity contribution in [3.8, 4) is 5.75 Å². The predicted octanol–water partition coefficient (Wildman–Crippen LogP) is 7.04. The van der Waals surface area contributed by atoms with Crippen LogP contribution in [0.5, 0.6) is 5.75 Å². The zero-order valence-corrected chi connectivity index (χ0v) is 23.5. The van der Waals surface area contributed by atoms with Gasteiger partial charge in [-0.3, -0.25) is 14.4 Å². The molecule has 1 aliphatic heterocycles. The first-order chi connectivity index (χ1) is 19.7. The second-order valence-corrected chi connectivity index (χ2v) is 10.5. The minimum absolute atomic E-state index is 0.0596. The van der Waals surface area contributed by atoms with E-state index >= 15 is 0 Å². The summed E-state index contributed by atoms with van der Waals surface area (Å²) in [5, 5.41) is 6.24. The van der Waals surface area contributed by atoms with Crippen molar-refractivity contribution >= 4 is 58.1 Å². The fourth-order valence-corrected chi connectivity index (χ4v) is 5.31. The number of anilines is 3. The number of aryl methyl sites for hydroxylation is 1. The number of thioether (sulfide) groups is 1. The number of benzene rings is 4. The Kier molecular flexibility index (Phi) is 8.09. The lowest BCUT2D eigenvalue weighted by molar-refractivity contribution is -0.120. The van der Waals surface area contributed by atoms with Gasteiger partial charge in [0.1, 0.15) is 22.2 Å². The summed E-state index contributed by atoms with van der Waals surface area (Å²) in [4.78, 5) is 41.7. The minimum Gasteiger partial charge on any atom is -0.495 e. The van der Waals surface area contributed by atoms with Gasteiger partial charge in [-0.15, -0.1) is 0 Å². The highest BCUT2D eigenvalue weighted by Gasteiger charge is 2.40. The molecule has 0 saturated carbocycles. The molecule has 0 saturated heterocycles. The highest BCUT2D eigenvalue weighted by Crippen LogP contribution is 2.39. The molecular weight excluding hydrogens is 565 g/mol. The molecule has 206 valence electrons. The van der Waals surface area contributed by atoms with E-state index in [0.717, 1.165) is 22.2 Å². The molecular formula is C31H23ClFN3O4S. The number of hydrogen-bond donors (Lipinski definition) is 2. The summed E-state index contributed by atoms with van der Waals surface area (Å²) < 4.78 is 19.0. The van der Waals surface area contributed by atoms with Crippen LogP contribution in [0, 0.1) is 12.7 Å². The van der Waals surface area contributed by atoms with E-state index < -0.39 is 17.6 Å². The standard InChI is InChI=1S/C31H23ClFN3O4S/c1-18-7-16-26(40-2)25(17-18)35-27-28(31(39)36(30(27)38)21-12-8-19(33)9-13-21)41-22-14-10-20(11-15-22)34-29(37)23-5-3-4-6-24(23)32/h3-17,35H,1-2H3,(H,34,37). The van der Waals surface area contributed by atoms with Gasteiger partial charge in [0.2, 0.25) is 0 Å². The number of carbonyl (C=O) groups is 3. The van der Waals surface area contributed by atoms with Crippen molar-refractivity contribution in [3.63, 3.8) is 0 Å². The average Bonchev–Trinajstić information content (AvgIpc) is 3.18. The van der Waals surface area contributed by atoms with Gasteiger partial charge < -0.3 is 15.4 Å². The van der Waals surface area contributed by atoms with E-state index in [0.29, 0.717) is 32.6 Å². The van der Waals surface area contributed by atoms with Gasteiger partial charge in [0, 0.05) is 10.6 Å². The molecule has 5 rings (SSSR count). The number of nitrogens with one attached hydrogen (secondary N) is 2. The molecule has 0 atom stereocenters. The van der Waals surface area contributed by atoms with Crippen molar-refractivity contribution in [2.24, 2.45) is 0 Å². The summed E-state index contributed by atoms with van der Waals surface area (Å²) >= 11 is 7.22. The Morgan fingerprint density at radius 2 is 1.63 bits per heavy atom. The average molecular weight is 588 g/mol. The zero-order valence-electron chi connectivity index (χ0n) is 21.9. The van der Waals surface area contributed by atoms with Gasteiger partial charge in [0.25, 0.3) is 17.7 Å². The van der Waals surface area contributed by atoms with Crippen molar-refractivity contribution in [2.75, 3.05) is 22.6 Å². The van der Waals surface area contributed by atoms with Crippen LogP contribution in [0.25, 0.3) is 0 Å². The van der Waals surface area contributed by atoms with Crippen LogP contribution in [0.15, 0.2) is 106 Å². The molecule has 7 nitrogen and oxygen atoms in total. The topological polar surface area (TPSA) is 87.7 Å². The van der Waals surface area contributed by atoms with E-state index in [1.165, 1.54) is 31.4 Å². The number of carbonyl (C=O) groups excluding carboxylic acids is 3. The molecule has 3 amide bonds. The van der Waals surface area contributed by atoms with Gasteiger partial charge >= 0.3 is 0 Å². The van der Waals surface area contributed by atoms with Gasteiger partial charge in [-0.05, 0) is 85.3 Å². The van der Waals surface area contributed by atoms with E-state index in [-0.39, 0.29) is 22.2 Å².